The lowest BCUT2D eigenvalue weighted by Gasteiger charge is -2.27. The molecule has 1 aromatic rings. The molecule has 4 nitrogen and oxygen atoms in total. The van der Waals surface area contributed by atoms with Crippen molar-refractivity contribution in [2.24, 2.45) is 0 Å². The summed E-state index contributed by atoms with van der Waals surface area (Å²) in [5.74, 6) is -1.00. The Morgan fingerprint density at radius 1 is 1.21 bits per heavy atom. The average molecular weight is 263 g/mol. The molecule has 1 amide bonds. The molecule has 0 aliphatic rings. The van der Waals surface area contributed by atoms with E-state index in [1.807, 2.05) is 19.1 Å². The average Bonchev–Trinajstić information content (AvgIpc) is 2.38. The van der Waals surface area contributed by atoms with Gasteiger partial charge in [0.25, 0.3) is 5.91 Å². The molecular formula is C15H21NO3. The van der Waals surface area contributed by atoms with Crippen molar-refractivity contribution in [1.82, 2.24) is 4.90 Å². The lowest BCUT2D eigenvalue weighted by atomic mass is 10.1. The van der Waals surface area contributed by atoms with E-state index < -0.39 is 5.97 Å². The summed E-state index contributed by atoms with van der Waals surface area (Å²) in [5, 5.41) is 8.81. The number of amides is 1. The van der Waals surface area contributed by atoms with Crippen LogP contribution in [0, 0.1) is 0 Å². The molecule has 104 valence electrons. The van der Waals surface area contributed by atoms with E-state index in [1.165, 1.54) is 5.56 Å². The summed E-state index contributed by atoms with van der Waals surface area (Å²) in [4.78, 5) is 24.7. The molecule has 1 rings (SSSR count). The number of aliphatic carboxylic acids is 1. The Bertz CT molecular complexity index is 439. The van der Waals surface area contributed by atoms with Gasteiger partial charge in [0.05, 0.1) is 6.42 Å². The van der Waals surface area contributed by atoms with Crippen LogP contribution in [0.15, 0.2) is 24.3 Å². The molecule has 0 radical (unpaired) electrons. The van der Waals surface area contributed by atoms with E-state index in [2.05, 4.69) is 6.92 Å². The maximum Gasteiger partial charge on any atom is 0.305 e. The molecule has 1 aromatic carbocycles. The third kappa shape index (κ3) is 4.09. The fourth-order valence-electron chi connectivity index (χ4n) is 2.07. The predicted molar refractivity (Wildman–Crippen MR) is 74.2 cm³/mol. The summed E-state index contributed by atoms with van der Waals surface area (Å²) in [6, 6.07) is 7.17. The van der Waals surface area contributed by atoms with Crippen LogP contribution < -0.4 is 0 Å². The van der Waals surface area contributed by atoms with Crippen molar-refractivity contribution in [2.45, 2.75) is 39.7 Å². The third-order valence-electron chi connectivity index (χ3n) is 3.21. The normalized spacial score (nSPS) is 11.9. The van der Waals surface area contributed by atoms with E-state index in [0.717, 1.165) is 6.42 Å². The highest BCUT2D eigenvalue weighted by atomic mass is 16.4. The molecule has 1 N–H and O–H groups in total. The molecule has 1 unspecified atom stereocenters. The van der Waals surface area contributed by atoms with E-state index in [-0.39, 0.29) is 18.4 Å². The van der Waals surface area contributed by atoms with Crippen molar-refractivity contribution in [2.75, 3.05) is 6.54 Å². The molecule has 0 spiro atoms. The first-order valence-electron chi connectivity index (χ1n) is 6.61. The zero-order valence-corrected chi connectivity index (χ0v) is 11.7. The lowest BCUT2D eigenvalue weighted by molar-refractivity contribution is -0.138. The second-order valence-electron chi connectivity index (χ2n) is 4.59. The first kappa shape index (κ1) is 15.2. The van der Waals surface area contributed by atoms with Crippen LogP contribution in [0.3, 0.4) is 0 Å². The van der Waals surface area contributed by atoms with Crippen LogP contribution in [0.1, 0.15) is 43.1 Å². The van der Waals surface area contributed by atoms with Crippen LogP contribution in [0.4, 0.5) is 0 Å². The molecule has 4 heteroatoms. The Labute approximate surface area is 114 Å². The number of hydrogen-bond donors (Lipinski definition) is 1. The number of benzene rings is 1. The zero-order valence-electron chi connectivity index (χ0n) is 11.7. The predicted octanol–water partition coefficient (Wildman–Crippen LogP) is 2.57. The minimum Gasteiger partial charge on any atom is -0.481 e. The molecule has 0 heterocycles. The smallest absolute Gasteiger partial charge is 0.305 e. The molecule has 19 heavy (non-hydrogen) atoms. The summed E-state index contributed by atoms with van der Waals surface area (Å²) in [6.07, 6.45) is 0.897. The van der Waals surface area contributed by atoms with Crippen molar-refractivity contribution in [1.29, 1.82) is 0 Å². The van der Waals surface area contributed by atoms with Gasteiger partial charge in [-0.15, -0.1) is 0 Å². The summed E-state index contributed by atoms with van der Waals surface area (Å²) in [5.41, 5.74) is 1.79. The molecule has 1 atom stereocenters. The number of carbonyl (C=O) groups excluding carboxylic acids is 1. The molecule has 0 saturated heterocycles. The largest absolute Gasteiger partial charge is 0.481 e. The fraction of sp³-hybridized carbons (Fsp3) is 0.467. The van der Waals surface area contributed by atoms with Crippen LogP contribution in [0.2, 0.25) is 0 Å². The Kier molecular flexibility index (Phi) is 5.55. The van der Waals surface area contributed by atoms with Gasteiger partial charge in [-0.05, 0) is 38.0 Å². The van der Waals surface area contributed by atoms with E-state index >= 15 is 0 Å². The van der Waals surface area contributed by atoms with Crippen molar-refractivity contribution in [3.63, 3.8) is 0 Å². The standard InChI is InChI=1S/C15H21NO3/c1-4-12-6-8-13(9-7-12)15(19)16(5-2)11(3)10-14(17)18/h6-9,11H,4-5,10H2,1-3H3,(H,17,18). The Balaban J connectivity index is 2.85. The number of nitrogens with zero attached hydrogens (tertiary/aromatic N) is 1. The maximum atomic E-state index is 12.3. The number of rotatable bonds is 6. The van der Waals surface area contributed by atoms with Crippen LogP contribution in [-0.2, 0) is 11.2 Å². The van der Waals surface area contributed by atoms with Crippen molar-refractivity contribution < 1.29 is 14.7 Å². The summed E-state index contributed by atoms with van der Waals surface area (Å²) < 4.78 is 0. The Hall–Kier alpha value is -1.84. The van der Waals surface area contributed by atoms with Gasteiger partial charge in [0.15, 0.2) is 0 Å². The highest BCUT2D eigenvalue weighted by molar-refractivity contribution is 5.94. The Morgan fingerprint density at radius 2 is 1.79 bits per heavy atom. The van der Waals surface area contributed by atoms with Gasteiger partial charge in [0.1, 0.15) is 0 Å². The summed E-state index contributed by atoms with van der Waals surface area (Å²) >= 11 is 0. The van der Waals surface area contributed by atoms with Gasteiger partial charge in [0, 0.05) is 18.2 Å². The van der Waals surface area contributed by atoms with Crippen LogP contribution in [-0.4, -0.2) is 34.5 Å². The van der Waals surface area contributed by atoms with Crippen LogP contribution >= 0.6 is 0 Å². The number of hydrogen-bond acceptors (Lipinski definition) is 2. The Morgan fingerprint density at radius 3 is 2.21 bits per heavy atom. The quantitative estimate of drug-likeness (QED) is 0.858. The topological polar surface area (TPSA) is 57.6 Å². The van der Waals surface area contributed by atoms with E-state index in [4.69, 9.17) is 5.11 Å². The van der Waals surface area contributed by atoms with Crippen LogP contribution in [0.25, 0.3) is 0 Å². The van der Waals surface area contributed by atoms with Crippen molar-refractivity contribution in [3.8, 4) is 0 Å². The van der Waals surface area contributed by atoms with Crippen molar-refractivity contribution in [3.05, 3.63) is 35.4 Å². The molecule has 0 aromatic heterocycles. The van der Waals surface area contributed by atoms with Gasteiger partial charge in [-0.1, -0.05) is 19.1 Å². The van der Waals surface area contributed by atoms with Gasteiger partial charge in [-0.25, -0.2) is 0 Å². The van der Waals surface area contributed by atoms with Crippen LogP contribution in [0.5, 0.6) is 0 Å². The number of carboxylic acids is 1. The monoisotopic (exact) mass is 263 g/mol. The zero-order chi connectivity index (χ0) is 14.4. The second kappa shape index (κ2) is 6.92. The highest BCUT2D eigenvalue weighted by Crippen LogP contribution is 2.12. The summed E-state index contributed by atoms with van der Waals surface area (Å²) in [6.45, 7) is 6.18. The molecule has 0 aliphatic heterocycles. The van der Waals surface area contributed by atoms with Gasteiger partial charge in [-0.3, -0.25) is 9.59 Å². The summed E-state index contributed by atoms with van der Waals surface area (Å²) in [7, 11) is 0. The first-order chi connectivity index (χ1) is 8.99. The van der Waals surface area contributed by atoms with Crippen molar-refractivity contribution >= 4 is 11.9 Å². The van der Waals surface area contributed by atoms with E-state index in [1.54, 1.807) is 24.0 Å². The number of carboxylic acid groups (broad SMARTS) is 1. The van der Waals surface area contributed by atoms with Gasteiger partial charge < -0.3 is 10.0 Å². The molecular weight excluding hydrogens is 242 g/mol. The molecule has 0 bridgehead atoms. The highest BCUT2D eigenvalue weighted by Gasteiger charge is 2.21. The maximum absolute atomic E-state index is 12.3. The van der Waals surface area contributed by atoms with E-state index in [0.29, 0.717) is 12.1 Å². The number of aryl methyl sites for hydroxylation is 1. The fourth-order valence-corrected chi connectivity index (χ4v) is 2.07. The van der Waals surface area contributed by atoms with Gasteiger partial charge >= 0.3 is 5.97 Å². The van der Waals surface area contributed by atoms with Gasteiger partial charge in [-0.2, -0.15) is 0 Å². The molecule has 0 aliphatic carbocycles. The minimum absolute atomic E-state index is 0.0351. The molecule has 0 fully saturated rings. The number of carbonyl (C=O) groups is 2. The second-order valence-corrected chi connectivity index (χ2v) is 4.59. The van der Waals surface area contributed by atoms with E-state index in [9.17, 15) is 9.59 Å². The minimum atomic E-state index is -0.889. The molecule has 0 saturated carbocycles. The third-order valence-corrected chi connectivity index (χ3v) is 3.21. The van der Waals surface area contributed by atoms with Gasteiger partial charge in [0.2, 0.25) is 0 Å². The SMILES string of the molecule is CCc1ccc(C(=O)N(CC)C(C)CC(=O)O)cc1. The first-order valence-corrected chi connectivity index (χ1v) is 6.61. The lowest BCUT2D eigenvalue weighted by Crippen LogP contribution is -2.39.